The number of hydrogen-bond acceptors (Lipinski definition) is 5. The van der Waals surface area contributed by atoms with Crippen LogP contribution in [0.5, 0.6) is 0 Å². The van der Waals surface area contributed by atoms with Crippen LogP contribution in [0.3, 0.4) is 0 Å². The van der Waals surface area contributed by atoms with E-state index in [4.69, 9.17) is 5.26 Å². The van der Waals surface area contributed by atoms with Crippen molar-refractivity contribution in [3.63, 3.8) is 0 Å². The van der Waals surface area contributed by atoms with Crippen molar-refractivity contribution in [3.8, 4) is 6.07 Å². The first-order valence-corrected chi connectivity index (χ1v) is 10.4. The predicted molar refractivity (Wildman–Crippen MR) is 104 cm³/mol. The summed E-state index contributed by atoms with van der Waals surface area (Å²) < 4.78 is 28.4. The highest BCUT2D eigenvalue weighted by Crippen LogP contribution is 2.30. The van der Waals surface area contributed by atoms with Crippen molar-refractivity contribution in [1.82, 2.24) is 4.90 Å². The summed E-state index contributed by atoms with van der Waals surface area (Å²) in [5.74, 6) is 0.257. The maximum Gasteiger partial charge on any atom is 0.285 e. The number of amidine groups is 1. The molecule has 0 unspecified atom stereocenters. The van der Waals surface area contributed by atoms with Gasteiger partial charge in [-0.15, -0.1) is 4.40 Å². The molecule has 0 spiro atoms. The summed E-state index contributed by atoms with van der Waals surface area (Å²) in [4.78, 5) is 14.7. The zero-order valence-corrected chi connectivity index (χ0v) is 15.8. The quantitative estimate of drug-likeness (QED) is 0.842. The molecule has 0 radical (unpaired) electrons. The molecule has 0 bridgehead atoms. The number of nitrogens with zero attached hydrogens (tertiary/aromatic N) is 3. The molecule has 2 aliphatic rings. The van der Waals surface area contributed by atoms with E-state index in [1.165, 1.54) is 0 Å². The number of fused-ring (bicyclic) bond motifs is 1. The molecule has 8 heteroatoms. The van der Waals surface area contributed by atoms with Gasteiger partial charge in [-0.3, -0.25) is 4.79 Å². The summed E-state index contributed by atoms with van der Waals surface area (Å²) in [6, 6.07) is 15.6. The minimum atomic E-state index is -3.64. The fourth-order valence-corrected chi connectivity index (χ4v) is 4.77. The number of piperidine rings is 1. The summed E-state index contributed by atoms with van der Waals surface area (Å²) >= 11 is 0. The van der Waals surface area contributed by atoms with E-state index in [-0.39, 0.29) is 16.7 Å². The summed E-state index contributed by atoms with van der Waals surface area (Å²) in [5.41, 5.74) is 1.83. The second-order valence-electron chi connectivity index (χ2n) is 6.83. The Kier molecular flexibility index (Phi) is 4.61. The van der Waals surface area contributed by atoms with Gasteiger partial charge in [-0.05, 0) is 49.2 Å². The van der Waals surface area contributed by atoms with Crippen LogP contribution in [0.15, 0.2) is 57.8 Å². The molecule has 1 saturated heterocycles. The predicted octanol–water partition coefficient (Wildman–Crippen LogP) is 2.36. The zero-order valence-electron chi connectivity index (χ0n) is 15.0. The highest BCUT2D eigenvalue weighted by Gasteiger charge is 2.34. The van der Waals surface area contributed by atoms with E-state index in [0.717, 1.165) is 0 Å². The number of anilines is 1. The van der Waals surface area contributed by atoms with Gasteiger partial charge in [-0.25, -0.2) is 0 Å². The van der Waals surface area contributed by atoms with E-state index >= 15 is 0 Å². The van der Waals surface area contributed by atoms with Crippen molar-refractivity contribution >= 4 is 27.5 Å². The topological polar surface area (TPSA) is 103 Å². The number of likely N-dealkylation sites (tertiary alicyclic amines) is 1. The number of carbonyl (C=O) groups is 1. The van der Waals surface area contributed by atoms with Gasteiger partial charge in [0.2, 0.25) is 5.91 Å². The van der Waals surface area contributed by atoms with Gasteiger partial charge in [-0.1, -0.05) is 12.1 Å². The minimum Gasteiger partial charge on any atom is -0.355 e. The smallest absolute Gasteiger partial charge is 0.285 e. The Morgan fingerprint density at radius 3 is 2.46 bits per heavy atom. The fraction of sp³-hybridized carbons (Fsp3) is 0.250. The Balaban J connectivity index is 1.41. The summed E-state index contributed by atoms with van der Waals surface area (Å²) in [6.07, 6.45) is 1.23. The highest BCUT2D eigenvalue weighted by molar-refractivity contribution is 7.90. The van der Waals surface area contributed by atoms with Crippen molar-refractivity contribution in [2.45, 2.75) is 17.7 Å². The number of hydrogen-bond donors (Lipinski definition) is 1. The molecule has 0 atom stereocenters. The Labute approximate surface area is 163 Å². The van der Waals surface area contributed by atoms with Crippen LogP contribution in [0, 0.1) is 17.2 Å². The van der Waals surface area contributed by atoms with Crippen LogP contribution in [0.2, 0.25) is 0 Å². The molecule has 1 N–H and O–H groups in total. The molecule has 2 aromatic rings. The summed E-state index contributed by atoms with van der Waals surface area (Å²) in [6.45, 7) is 1.13. The lowest BCUT2D eigenvalue weighted by Crippen LogP contribution is -2.41. The monoisotopic (exact) mass is 394 g/mol. The number of carbonyl (C=O) groups excluding carboxylic acids is 1. The lowest BCUT2D eigenvalue weighted by atomic mass is 9.95. The standard InChI is InChI=1S/C20H18N4O3S/c21-13-14-5-7-16(8-6-14)22-20(25)15-9-11-24(12-10-15)19-17-3-1-2-4-18(17)28(26,27)23-19/h1-8,15H,9-12H2,(H,22,25). The third-order valence-electron chi connectivity index (χ3n) is 5.06. The van der Waals surface area contributed by atoms with Gasteiger partial charge < -0.3 is 10.2 Å². The molecule has 7 nitrogen and oxygen atoms in total. The van der Waals surface area contributed by atoms with Crippen LogP contribution >= 0.6 is 0 Å². The van der Waals surface area contributed by atoms with Crippen molar-refractivity contribution in [2.24, 2.45) is 10.3 Å². The number of benzene rings is 2. The Bertz CT molecular complexity index is 1090. The fourth-order valence-electron chi connectivity index (χ4n) is 3.54. The molecule has 2 aliphatic heterocycles. The second-order valence-corrected chi connectivity index (χ2v) is 8.40. The van der Waals surface area contributed by atoms with Gasteiger partial charge in [0.05, 0.1) is 11.6 Å². The molecule has 28 heavy (non-hydrogen) atoms. The van der Waals surface area contributed by atoms with E-state index < -0.39 is 10.0 Å². The van der Waals surface area contributed by atoms with Crippen LogP contribution in [-0.4, -0.2) is 38.2 Å². The first-order chi connectivity index (χ1) is 13.5. The first-order valence-electron chi connectivity index (χ1n) is 8.98. The molecular weight excluding hydrogens is 376 g/mol. The van der Waals surface area contributed by atoms with Gasteiger partial charge in [0.15, 0.2) is 5.84 Å². The van der Waals surface area contributed by atoms with Gasteiger partial charge >= 0.3 is 0 Å². The second kappa shape index (κ2) is 7.09. The Morgan fingerprint density at radius 2 is 1.79 bits per heavy atom. The van der Waals surface area contributed by atoms with E-state index in [9.17, 15) is 13.2 Å². The largest absolute Gasteiger partial charge is 0.355 e. The molecule has 2 heterocycles. The number of rotatable bonds is 2. The average Bonchev–Trinajstić information content (AvgIpc) is 3.00. The normalized spacial score (nSPS) is 18.1. The van der Waals surface area contributed by atoms with E-state index in [1.54, 1.807) is 48.5 Å². The van der Waals surface area contributed by atoms with Crippen molar-refractivity contribution in [2.75, 3.05) is 18.4 Å². The van der Waals surface area contributed by atoms with Crippen molar-refractivity contribution < 1.29 is 13.2 Å². The van der Waals surface area contributed by atoms with E-state index in [0.29, 0.717) is 48.6 Å². The number of amides is 1. The summed E-state index contributed by atoms with van der Waals surface area (Å²) in [5, 5.41) is 11.7. The van der Waals surface area contributed by atoms with E-state index in [1.807, 2.05) is 11.0 Å². The molecule has 2 aromatic carbocycles. The molecule has 0 aliphatic carbocycles. The zero-order chi connectivity index (χ0) is 19.7. The first kappa shape index (κ1) is 18.2. The molecule has 1 fully saturated rings. The van der Waals surface area contributed by atoms with Gasteiger partial charge in [0.1, 0.15) is 4.90 Å². The summed E-state index contributed by atoms with van der Waals surface area (Å²) in [7, 11) is -3.64. The molecule has 0 saturated carbocycles. The van der Waals surface area contributed by atoms with Crippen LogP contribution in [0.4, 0.5) is 5.69 Å². The SMILES string of the molecule is N#Cc1ccc(NC(=O)C2CCN(C3=NS(=O)(=O)c4ccccc43)CC2)cc1. The van der Waals surface area contributed by atoms with Crippen LogP contribution < -0.4 is 5.32 Å². The average molecular weight is 394 g/mol. The van der Waals surface area contributed by atoms with Crippen LogP contribution in [0.1, 0.15) is 24.0 Å². The number of sulfonamides is 1. The number of nitriles is 1. The molecular formula is C20H18N4O3S. The minimum absolute atomic E-state index is 0.0641. The molecule has 1 amide bonds. The van der Waals surface area contributed by atoms with Crippen molar-refractivity contribution in [3.05, 3.63) is 59.7 Å². The Hall–Kier alpha value is -3.18. The highest BCUT2D eigenvalue weighted by atomic mass is 32.2. The maximum atomic E-state index is 12.5. The molecule has 0 aromatic heterocycles. The molecule has 4 rings (SSSR count). The van der Waals surface area contributed by atoms with E-state index in [2.05, 4.69) is 9.71 Å². The van der Waals surface area contributed by atoms with Gasteiger partial charge in [-0.2, -0.15) is 13.7 Å². The molecule has 142 valence electrons. The van der Waals surface area contributed by atoms with Crippen molar-refractivity contribution in [1.29, 1.82) is 5.26 Å². The van der Waals surface area contributed by atoms with Gasteiger partial charge in [0, 0.05) is 30.3 Å². The lowest BCUT2D eigenvalue weighted by molar-refractivity contribution is -0.120. The third-order valence-corrected chi connectivity index (χ3v) is 6.38. The third kappa shape index (κ3) is 3.37. The number of nitrogens with one attached hydrogen (secondary N) is 1. The lowest BCUT2D eigenvalue weighted by Gasteiger charge is -2.32. The Morgan fingerprint density at radius 1 is 1.11 bits per heavy atom. The van der Waals surface area contributed by atoms with Crippen LogP contribution in [-0.2, 0) is 14.8 Å². The maximum absolute atomic E-state index is 12.5. The van der Waals surface area contributed by atoms with Gasteiger partial charge in [0.25, 0.3) is 10.0 Å². The van der Waals surface area contributed by atoms with Crippen LogP contribution in [0.25, 0.3) is 0 Å².